The second-order valence-corrected chi connectivity index (χ2v) is 8.28. The number of pyridine rings is 1. The normalized spacial score (nSPS) is 14.6. The maximum Gasteiger partial charge on any atom is 0.318 e. The number of aromatic nitrogens is 1. The molecule has 5 nitrogen and oxygen atoms in total. The Hall–Kier alpha value is -3.08. The van der Waals surface area contributed by atoms with E-state index in [1.165, 1.54) is 6.42 Å². The van der Waals surface area contributed by atoms with Crippen LogP contribution in [0, 0.1) is 6.92 Å². The number of fused-ring (bicyclic) bond motifs is 1. The van der Waals surface area contributed by atoms with Crippen LogP contribution in [-0.4, -0.2) is 22.0 Å². The molecule has 4 rings (SSSR count). The second-order valence-electron chi connectivity index (χ2n) is 8.28. The number of amides is 2. The topological polar surface area (TPSA) is 65.2 Å². The Labute approximate surface area is 177 Å². The van der Waals surface area contributed by atoms with Gasteiger partial charge in [-0.25, -0.2) is 4.79 Å². The van der Waals surface area contributed by atoms with Crippen LogP contribution in [0.1, 0.15) is 48.8 Å². The van der Waals surface area contributed by atoms with Gasteiger partial charge in [-0.2, -0.15) is 0 Å². The minimum absolute atomic E-state index is 0.102. The predicted octanol–water partition coefficient (Wildman–Crippen LogP) is 4.88. The summed E-state index contributed by atoms with van der Waals surface area (Å²) in [6.07, 6.45) is 5.44. The largest absolute Gasteiger partial charge is 0.334 e. The molecule has 2 N–H and O–H groups in total. The summed E-state index contributed by atoms with van der Waals surface area (Å²) < 4.78 is 0. The fourth-order valence-electron chi connectivity index (χ4n) is 4.31. The number of benzene rings is 2. The van der Waals surface area contributed by atoms with Gasteiger partial charge in [-0.1, -0.05) is 61.2 Å². The van der Waals surface area contributed by atoms with E-state index in [4.69, 9.17) is 0 Å². The van der Waals surface area contributed by atoms with Crippen molar-refractivity contribution in [2.45, 2.75) is 58.2 Å². The summed E-state index contributed by atoms with van der Waals surface area (Å²) in [4.78, 5) is 30.7. The number of nitrogens with one attached hydrogen (secondary N) is 2. The summed E-state index contributed by atoms with van der Waals surface area (Å²) in [5.41, 5.74) is 3.54. The van der Waals surface area contributed by atoms with Crippen molar-refractivity contribution >= 4 is 16.9 Å². The van der Waals surface area contributed by atoms with E-state index in [1.807, 2.05) is 60.4 Å². The van der Waals surface area contributed by atoms with E-state index >= 15 is 0 Å². The van der Waals surface area contributed by atoms with E-state index in [0.29, 0.717) is 18.7 Å². The van der Waals surface area contributed by atoms with Crippen molar-refractivity contribution in [1.82, 2.24) is 15.2 Å². The van der Waals surface area contributed by atoms with E-state index in [9.17, 15) is 9.59 Å². The lowest BCUT2D eigenvalue weighted by Gasteiger charge is -2.34. The van der Waals surface area contributed by atoms with E-state index in [0.717, 1.165) is 47.7 Å². The van der Waals surface area contributed by atoms with Crippen LogP contribution in [-0.2, 0) is 13.1 Å². The number of H-pyrrole nitrogens is 1. The highest BCUT2D eigenvalue weighted by atomic mass is 16.2. The molecule has 30 heavy (non-hydrogen) atoms. The summed E-state index contributed by atoms with van der Waals surface area (Å²) in [5.74, 6) is 0. The van der Waals surface area contributed by atoms with Gasteiger partial charge in [0.15, 0.2) is 0 Å². The molecule has 1 heterocycles. The molecule has 156 valence electrons. The second kappa shape index (κ2) is 9.16. The van der Waals surface area contributed by atoms with Crippen LogP contribution in [0.25, 0.3) is 10.9 Å². The molecule has 2 amide bonds. The smallest absolute Gasteiger partial charge is 0.318 e. The Morgan fingerprint density at radius 1 is 1.07 bits per heavy atom. The van der Waals surface area contributed by atoms with Crippen LogP contribution >= 0.6 is 0 Å². The van der Waals surface area contributed by atoms with Gasteiger partial charge in [0.2, 0.25) is 0 Å². The molecule has 1 aliphatic carbocycles. The summed E-state index contributed by atoms with van der Waals surface area (Å²) in [6.45, 7) is 2.84. The first-order chi connectivity index (χ1) is 14.6. The highest BCUT2D eigenvalue weighted by Crippen LogP contribution is 2.24. The number of urea groups is 1. The van der Waals surface area contributed by atoms with Gasteiger partial charge in [0, 0.05) is 23.7 Å². The highest BCUT2D eigenvalue weighted by Gasteiger charge is 2.26. The van der Waals surface area contributed by atoms with Crippen molar-refractivity contribution in [2.24, 2.45) is 0 Å². The number of aromatic amines is 1. The molecule has 0 spiro atoms. The molecule has 1 saturated carbocycles. The molecule has 1 aliphatic rings. The number of carbonyl (C=O) groups is 1. The van der Waals surface area contributed by atoms with Crippen LogP contribution in [0.3, 0.4) is 0 Å². The van der Waals surface area contributed by atoms with Crippen LogP contribution < -0.4 is 10.9 Å². The minimum atomic E-state index is -0.122. The van der Waals surface area contributed by atoms with Crippen LogP contribution in [0.4, 0.5) is 4.79 Å². The van der Waals surface area contributed by atoms with Crippen molar-refractivity contribution in [1.29, 1.82) is 0 Å². The first kappa shape index (κ1) is 20.2. The zero-order chi connectivity index (χ0) is 20.9. The Balaban J connectivity index is 1.58. The van der Waals surface area contributed by atoms with E-state index in [-0.39, 0.29) is 17.6 Å². The van der Waals surface area contributed by atoms with Gasteiger partial charge in [-0.3, -0.25) is 4.79 Å². The molecule has 1 aromatic heterocycles. The minimum Gasteiger partial charge on any atom is -0.334 e. The van der Waals surface area contributed by atoms with Crippen LogP contribution in [0.2, 0.25) is 0 Å². The predicted molar refractivity (Wildman–Crippen MR) is 120 cm³/mol. The number of hydrogen-bond acceptors (Lipinski definition) is 2. The molecule has 1 fully saturated rings. The van der Waals surface area contributed by atoms with Gasteiger partial charge in [0.1, 0.15) is 0 Å². The lowest BCUT2D eigenvalue weighted by Crippen LogP contribution is -2.47. The lowest BCUT2D eigenvalue weighted by atomic mass is 9.94. The van der Waals surface area contributed by atoms with E-state index in [2.05, 4.69) is 16.4 Å². The molecule has 0 saturated heterocycles. The quantitative estimate of drug-likeness (QED) is 0.638. The van der Waals surface area contributed by atoms with Gasteiger partial charge in [0.05, 0.1) is 6.54 Å². The van der Waals surface area contributed by atoms with Crippen molar-refractivity contribution in [3.8, 4) is 0 Å². The zero-order valence-corrected chi connectivity index (χ0v) is 17.5. The molecular formula is C25H29N3O2. The van der Waals surface area contributed by atoms with E-state index in [1.54, 1.807) is 0 Å². The molecule has 0 atom stereocenters. The van der Waals surface area contributed by atoms with E-state index < -0.39 is 0 Å². The van der Waals surface area contributed by atoms with Gasteiger partial charge < -0.3 is 15.2 Å². The third-order valence-electron chi connectivity index (χ3n) is 5.98. The number of aryl methyl sites for hydroxylation is 1. The zero-order valence-electron chi connectivity index (χ0n) is 17.5. The Kier molecular flexibility index (Phi) is 6.17. The van der Waals surface area contributed by atoms with Gasteiger partial charge in [-0.05, 0) is 48.9 Å². The fourth-order valence-corrected chi connectivity index (χ4v) is 4.31. The number of carbonyl (C=O) groups excluding carboxylic acids is 1. The molecule has 0 unspecified atom stereocenters. The van der Waals surface area contributed by atoms with Crippen molar-refractivity contribution < 1.29 is 4.79 Å². The maximum absolute atomic E-state index is 13.2. The van der Waals surface area contributed by atoms with Crippen molar-refractivity contribution in [3.05, 3.63) is 81.6 Å². The molecule has 5 heteroatoms. The van der Waals surface area contributed by atoms with Crippen LogP contribution in [0.5, 0.6) is 0 Å². The average molecular weight is 404 g/mol. The lowest BCUT2D eigenvalue weighted by molar-refractivity contribution is 0.150. The van der Waals surface area contributed by atoms with Crippen molar-refractivity contribution in [2.75, 3.05) is 0 Å². The van der Waals surface area contributed by atoms with Gasteiger partial charge in [-0.15, -0.1) is 0 Å². The van der Waals surface area contributed by atoms with Gasteiger partial charge >= 0.3 is 6.03 Å². The first-order valence-corrected chi connectivity index (χ1v) is 10.8. The maximum atomic E-state index is 13.2. The van der Waals surface area contributed by atoms with Crippen molar-refractivity contribution in [3.63, 3.8) is 0 Å². The summed E-state index contributed by atoms with van der Waals surface area (Å²) in [6, 6.07) is 17.9. The molecular weight excluding hydrogens is 374 g/mol. The average Bonchev–Trinajstić information content (AvgIpc) is 2.77. The van der Waals surface area contributed by atoms with Crippen LogP contribution in [0.15, 0.2) is 59.4 Å². The standard InChI is InChI=1S/C25H29N3O2/c1-18-12-13-23-20(14-18)15-21(24(29)27-23)17-28(22-10-6-3-7-11-22)25(30)26-16-19-8-4-2-5-9-19/h2,4-5,8-9,12-15,22H,3,6-7,10-11,16-17H2,1H3,(H,26,30)(H,27,29). The number of rotatable bonds is 5. The highest BCUT2D eigenvalue weighted by molar-refractivity contribution is 5.80. The SMILES string of the molecule is Cc1ccc2[nH]c(=O)c(CN(C(=O)NCc3ccccc3)C3CCCCC3)cc2c1. The third kappa shape index (κ3) is 4.73. The monoisotopic (exact) mass is 403 g/mol. The molecule has 3 aromatic rings. The summed E-state index contributed by atoms with van der Waals surface area (Å²) in [7, 11) is 0. The summed E-state index contributed by atoms with van der Waals surface area (Å²) in [5, 5.41) is 4.06. The number of nitrogens with zero attached hydrogens (tertiary/aromatic N) is 1. The molecule has 0 aliphatic heterocycles. The Morgan fingerprint density at radius 2 is 1.83 bits per heavy atom. The Bertz CT molecular complexity index is 1070. The Morgan fingerprint density at radius 3 is 2.60 bits per heavy atom. The molecule has 0 bridgehead atoms. The van der Waals surface area contributed by atoms with Gasteiger partial charge in [0.25, 0.3) is 5.56 Å². The molecule has 0 radical (unpaired) electrons. The molecule has 2 aromatic carbocycles. The summed E-state index contributed by atoms with van der Waals surface area (Å²) >= 11 is 0. The fraction of sp³-hybridized carbons (Fsp3) is 0.360. The number of hydrogen-bond donors (Lipinski definition) is 2. The third-order valence-corrected chi connectivity index (χ3v) is 5.98. The first-order valence-electron chi connectivity index (χ1n) is 10.8.